The zero-order valence-corrected chi connectivity index (χ0v) is 13.1. The summed E-state index contributed by atoms with van der Waals surface area (Å²) in [5.41, 5.74) is 0. The molecule has 1 fully saturated rings. The molecule has 0 amide bonds. The van der Waals surface area contributed by atoms with Gasteiger partial charge in [-0.25, -0.2) is 12.7 Å². The molecule has 7 nitrogen and oxygen atoms in total. The van der Waals surface area contributed by atoms with Gasteiger partial charge in [0, 0.05) is 13.6 Å². The number of rotatable bonds is 5. The van der Waals surface area contributed by atoms with Crippen LogP contribution in [-0.2, 0) is 15.0 Å². The van der Waals surface area contributed by atoms with E-state index in [2.05, 4.69) is 0 Å². The first-order valence-electron chi connectivity index (χ1n) is 5.16. The quantitative estimate of drug-likeness (QED) is 0.385. The van der Waals surface area contributed by atoms with Crippen LogP contribution in [0.1, 0.15) is 0 Å². The Morgan fingerprint density at radius 3 is 2.47 bits per heavy atom. The van der Waals surface area contributed by atoms with Crippen molar-refractivity contribution in [2.24, 2.45) is 0 Å². The number of nitrogens with zero attached hydrogens (tertiary/aromatic N) is 1. The van der Waals surface area contributed by atoms with Crippen molar-refractivity contribution in [3.63, 3.8) is 0 Å². The van der Waals surface area contributed by atoms with Gasteiger partial charge in [-0.1, -0.05) is 0 Å². The number of hydrogen-bond donors (Lipinski definition) is 2. The van der Waals surface area contributed by atoms with Gasteiger partial charge in [-0.05, 0) is 0 Å². The van der Waals surface area contributed by atoms with Crippen molar-refractivity contribution in [2.75, 3.05) is 46.4 Å². The van der Waals surface area contributed by atoms with Crippen molar-refractivity contribution >= 4 is 10.3 Å². The number of hydrogen-bond acceptors (Lipinski definition) is 5. The van der Waals surface area contributed by atoms with E-state index in [1.54, 1.807) is 0 Å². The molecule has 0 spiro atoms. The van der Waals surface area contributed by atoms with Crippen LogP contribution in [0.15, 0.2) is 0 Å². The molecule has 1 aliphatic rings. The normalized spacial score (nSPS) is 20.0. The Morgan fingerprint density at radius 1 is 1.47 bits per heavy atom. The summed E-state index contributed by atoms with van der Waals surface area (Å²) in [7, 11) is -3.28. The monoisotopic (exact) mass is 277 g/mol. The van der Waals surface area contributed by atoms with Crippen LogP contribution in [0.2, 0.25) is 0 Å². The molecule has 0 aromatic carbocycles. The molecule has 0 aromatic heterocycles. The van der Waals surface area contributed by atoms with E-state index in [1.165, 1.54) is 7.05 Å². The number of nitrogens with one attached hydrogen (secondary N) is 1. The van der Waals surface area contributed by atoms with Gasteiger partial charge in [-0.15, -0.1) is 0 Å². The van der Waals surface area contributed by atoms with Crippen LogP contribution in [-0.4, -0.2) is 74.9 Å². The summed E-state index contributed by atoms with van der Waals surface area (Å²) in [5.74, 6) is 0. The second kappa shape index (κ2) is 8.03. The zero-order valence-electron chi connectivity index (χ0n) is 10.3. The van der Waals surface area contributed by atoms with E-state index in [0.29, 0.717) is 24.1 Å². The van der Waals surface area contributed by atoms with Gasteiger partial charge in [0.25, 0.3) is 0 Å². The molecule has 9 heteroatoms. The molecule has 2 N–H and O–H groups in total. The van der Waals surface area contributed by atoms with Gasteiger partial charge in [-0.3, -0.25) is 0 Å². The Balaban J connectivity index is 0.00000256. The van der Waals surface area contributed by atoms with Gasteiger partial charge in [0.05, 0.1) is 13.2 Å². The van der Waals surface area contributed by atoms with Crippen molar-refractivity contribution in [3.8, 4) is 0 Å². The molecular formula is C8H18N2NaO5S+. The smallest absolute Gasteiger partial charge is 0.735 e. The fourth-order valence-electron chi connectivity index (χ4n) is 1.65. The fraction of sp³-hybridized carbons (Fsp3) is 1.00. The molecular weight excluding hydrogens is 259 g/mol. The summed E-state index contributed by atoms with van der Waals surface area (Å²) in [6.45, 7) is 3.17. The van der Waals surface area contributed by atoms with Crippen molar-refractivity contribution in [3.05, 3.63) is 0 Å². The molecule has 1 unspecified atom stereocenters. The van der Waals surface area contributed by atoms with Crippen LogP contribution >= 0.6 is 0 Å². The predicted octanol–water partition coefficient (Wildman–Crippen LogP) is -6.34. The average Bonchev–Trinajstić information content (AvgIpc) is 2.17. The molecule has 0 aliphatic carbocycles. The minimum atomic E-state index is -4.45. The molecule has 1 heterocycles. The number of likely N-dealkylation sites (N-methyl/N-ethyl adjacent to an activating group) is 1. The predicted molar refractivity (Wildman–Crippen MR) is 54.7 cm³/mol. The van der Waals surface area contributed by atoms with Gasteiger partial charge in [0.1, 0.15) is 25.7 Å². The first kappa shape index (κ1) is 17.8. The van der Waals surface area contributed by atoms with Gasteiger partial charge in [-0.2, -0.15) is 0 Å². The Bertz CT molecular complexity index is 307. The minimum absolute atomic E-state index is 0. The third-order valence-corrected chi connectivity index (χ3v) is 3.49. The standard InChI is InChI=1S/C8H18N2O5S.Na/c1-9(16(12,13)14)6-8(11)7-10-2-4-15-5-3-10;/h8,11H,2-7H2,1H3,(H,12,13,14);/q;+1. The SMILES string of the molecule is CN(CC(O)C[NH+]1CCOCC1)S(=O)(=O)[O-].[Na+]. The number of aliphatic hydroxyl groups excluding tert-OH is 1. The van der Waals surface area contributed by atoms with Crippen LogP contribution in [0.5, 0.6) is 0 Å². The first-order chi connectivity index (χ1) is 7.39. The Kier molecular flexibility index (Phi) is 8.38. The van der Waals surface area contributed by atoms with Crippen LogP contribution in [0, 0.1) is 0 Å². The number of quaternary nitrogens is 1. The van der Waals surface area contributed by atoms with E-state index in [1.807, 2.05) is 0 Å². The van der Waals surface area contributed by atoms with Gasteiger partial charge in [0.2, 0.25) is 0 Å². The Hall–Kier alpha value is 0.750. The van der Waals surface area contributed by atoms with Crippen LogP contribution < -0.4 is 34.5 Å². The maximum Gasteiger partial charge on any atom is 1.00 e. The first-order valence-corrected chi connectivity index (χ1v) is 6.52. The van der Waals surface area contributed by atoms with Gasteiger partial charge >= 0.3 is 29.6 Å². The van der Waals surface area contributed by atoms with E-state index >= 15 is 0 Å². The minimum Gasteiger partial charge on any atom is -0.735 e. The summed E-state index contributed by atoms with van der Waals surface area (Å²) in [6, 6.07) is 0. The summed E-state index contributed by atoms with van der Waals surface area (Å²) in [6.07, 6.45) is -0.818. The molecule has 17 heavy (non-hydrogen) atoms. The van der Waals surface area contributed by atoms with E-state index in [0.717, 1.165) is 18.0 Å². The molecule has 96 valence electrons. The topological polar surface area (TPSA) is 94.3 Å². The van der Waals surface area contributed by atoms with Crippen LogP contribution in [0.4, 0.5) is 0 Å². The fourth-order valence-corrected chi connectivity index (χ4v) is 2.00. The summed E-state index contributed by atoms with van der Waals surface area (Å²) < 4.78 is 37.6. The third kappa shape index (κ3) is 7.04. The summed E-state index contributed by atoms with van der Waals surface area (Å²) in [4.78, 5) is 1.16. The molecule has 1 rings (SSSR count). The van der Waals surface area contributed by atoms with E-state index in [9.17, 15) is 18.1 Å². The van der Waals surface area contributed by atoms with Crippen molar-refractivity contribution < 1.29 is 57.3 Å². The van der Waals surface area contributed by atoms with Gasteiger partial charge in [0.15, 0.2) is 10.3 Å². The molecule has 0 radical (unpaired) electrons. The zero-order chi connectivity index (χ0) is 12.2. The van der Waals surface area contributed by atoms with E-state index < -0.39 is 16.4 Å². The maximum atomic E-state index is 10.6. The molecule has 0 bridgehead atoms. The van der Waals surface area contributed by atoms with Gasteiger partial charge < -0.3 is 19.3 Å². The largest absolute Gasteiger partial charge is 1.00 e. The molecule has 0 saturated carbocycles. The van der Waals surface area contributed by atoms with Crippen molar-refractivity contribution in [1.82, 2.24) is 4.31 Å². The molecule has 1 saturated heterocycles. The van der Waals surface area contributed by atoms with Crippen molar-refractivity contribution in [1.29, 1.82) is 0 Å². The summed E-state index contributed by atoms with van der Waals surface area (Å²) in [5, 5.41) is 9.63. The number of morpholine rings is 1. The third-order valence-electron chi connectivity index (χ3n) is 2.57. The van der Waals surface area contributed by atoms with E-state index in [4.69, 9.17) is 4.74 Å². The second-order valence-electron chi connectivity index (χ2n) is 3.96. The Morgan fingerprint density at radius 2 is 2.00 bits per heavy atom. The summed E-state index contributed by atoms with van der Waals surface area (Å²) >= 11 is 0. The second-order valence-corrected chi connectivity index (χ2v) is 5.44. The van der Waals surface area contributed by atoms with Crippen molar-refractivity contribution in [2.45, 2.75) is 6.10 Å². The van der Waals surface area contributed by atoms with E-state index in [-0.39, 0.29) is 36.1 Å². The number of aliphatic hydroxyl groups is 1. The molecule has 0 aromatic rings. The average molecular weight is 277 g/mol. The Labute approximate surface area is 124 Å². The van der Waals surface area contributed by atoms with Crippen LogP contribution in [0.3, 0.4) is 0 Å². The number of ether oxygens (including phenoxy) is 1. The molecule has 1 aliphatic heterocycles. The van der Waals surface area contributed by atoms with Crippen LogP contribution in [0.25, 0.3) is 0 Å². The maximum absolute atomic E-state index is 10.6. The molecule has 1 atom stereocenters.